The maximum atomic E-state index is 12.0. The van der Waals surface area contributed by atoms with Gasteiger partial charge in [0.05, 0.1) is 5.69 Å². The van der Waals surface area contributed by atoms with Gasteiger partial charge in [0, 0.05) is 17.8 Å². The first-order chi connectivity index (χ1) is 10.6. The topological polar surface area (TPSA) is 55.1 Å². The second-order valence-electron chi connectivity index (χ2n) is 5.06. The molecule has 3 aromatic rings. The second kappa shape index (κ2) is 6.32. The van der Waals surface area contributed by atoms with Gasteiger partial charge in [-0.05, 0) is 52.2 Å². The van der Waals surface area contributed by atoms with Crippen molar-refractivity contribution in [1.29, 1.82) is 0 Å². The Kier molecular flexibility index (Phi) is 4.24. The molecule has 3 rings (SSSR count). The number of aromatic nitrogens is 1. The Hall–Kier alpha value is -2.14. The molecule has 0 saturated heterocycles. The van der Waals surface area contributed by atoms with Crippen LogP contribution in [0.15, 0.2) is 51.4 Å². The van der Waals surface area contributed by atoms with Crippen molar-refractivity contribution in [1.82, 2.24) is 4.98 Å². The number of hydrogen-bond acceptors (Lipinski definition) is 3. The highest BCUT2D eigenvalue weighted by Gasteiger charge is 2.07. The lowest BCUT2D eigenvalue weighted by Gasteiger charge is -2.07. The van der Waals surface area contributed by atoms with Gasteiger partial charge in [-0.3, -0.25) is 4.79 Å². The Labute approximate surface area is 136 Å². The molecule has 0 atom stereocenters. The summed E-state index contributed by atoms with van der Waals surface area (Å²) in [4.78, 5) is 16.3. The summed E-state index contributed by atoms with van der Waals surface area (Å²) in [7, 11) is 0. The molecule has 0 spiro atoms. The predicted molar refractivity (Wildman–Crippen MR) is 89.8 cm³/mol. The number of para-hydroxylation sites is 1. The van der Waals surface area contributed by atoms with Crippen molar-refractivity contribution in [3.63, 3.8) is 0 Å². The second-order valence-corrected chi connectivity index (χ2v) is 5.92. The summed E-state index contributed by atoms with van der Waals surface area (Å²) in [6.07, 6.45) is 1.09. The molecule has 0 saturated carbocycles. The van der Waals surface area contributed by atoms with Gasteiger partial charge in [0.1, 0.15) is 5.52 Å². The Balaban J connectivity index is 1.63. The summed E-state index contributed by atoms with van der Waals surface area (Å²) >= 11 is 3.42. The van der Waals surface area contributed by atoms with Crippen molar-refractivity contribution in [2.45, 2.75) is 19.8 Å². The lowest BCUT2D eigenvalue weighted by atomic mass is 10.1. The number of anilines is 1. The van der Waals surface area contributed by atoms with Crippen LogP contribution in [0.4, 0.5) is 5.69 Å². The molecule has 0 bridgehead atoms. The molecule has 1 N–H and O–H groups in total. The summed E-state index contributed by atoms with van der Waals surface area (Å²) in [6.45, 7) is 1.82. The summed E-state index contributed by atoms with van der Waals surface area (Å²) in [6, 6.07) is 13.4. The van der Waals surface area contributed by atoms with Gasteiger partial charge in [-0.1, -0.05) is 18.2 Å². The molecule has 0 radical (unpaired) electrons. The van der Waals surface area contributed by atoms with Crippen molar-refractivity contribution in [3.8, 4) is 0 Å². The summed E-state index contributed by atoms with van der Waals surface area (Å²) in [5.41, 5.74) is 3.47. The van der Waals surface area contributed by atoms with Crippen molar-refractivity contribution in [3.05, 3.63) is 58.4 Å². The van der Waals surface area contributed by atoms with Gasteiger partial charge in [0.15, 0.2) is 11.5 Å². The monoisotopic (exact) mass is 358 g/mol. The van der Waals surface area contributed by atoms with Crippen LogP contribution in [0, 0.1) is 6.92 Å². The van der Waals surface area contributed by atoms with Crippen molar-refractivity contribution in [2.24, 2.45) is 0 Å². The van der Waals surface area contributed by atoms with E-state index in [0.29, 0.717) is 18.7 Å². The molecule has 0 aliphatic carbocycles. The van der Waals surface area contributed by atoms with Crippen LogP contribution < -0.4 is 5.32 Å². The van der Waals surface area contributed by atoms with Crippen LogP contribution in [-0.4, -0.2) is 10.9 Å². The molecule has 1 amide bonds. The van der Waals surface area contributed by atoms with E-state index in [1.807, 2.05) is 49.4 Å². The highest BCUT2D eigenvalue weighted by Crippen LogP contribution is 2.22. The molecule has 0 aliphatic rings. The molecule has 4 nitrogen and oxygen atoms in total. The van der Waals surface area contributed by atoms with Crippen LogP contribution in [0.2, 0.25) is 0 Å². The minimum absolute atomic E-state index is 0.0108. The molecule has 1 heterocycles. The van der Waals surface area contributed by atoms with E-state index >= 15 is 0 Å². The quantitative estimate of drug-likeness (QED) is 0.748. The molecule has 1 aromatic heterocycles. The van der Waals surface area contributed by atoms with Crippen LogP contribution in [0.25, 0.3) is 11.1 Å². The number of nitrogens with one attached hydrogen (secondary N) is 1. The third-order valence-corrected chi connectivity index (χ3v) is 4.04. The smallest absolute Gasteiger partial charge is 0.224 e. The maximum absolute atomic E-state index is 12.0. The summed E-state index contributed by atoms with van der Waals surface area (Å²) in [5, 5.41) is 2.90. The number of rotatable bonds is 4. The van der Waals surface area contributed by atoms with Gasteiger partial charge in [0.25, 0.3) is 0 Å². The lowest BCUT2D eigenvalue weighted by Crippen LogP contribution is -2.12. The van der Waals surface area contributed by atoms with Gasteiger partial charge < -0.3 is 9.73 Å². The zero-order valence-corrected chi connectivity index (χ0v) is 13.7. The minimum atomic E-state index is -0.0108. The first kappa shape index (κ1) is 14.8. The van der Waals surface area contributed by atoms with Gasteiger partial charge in [-0.15, -0.1) is 0 Å². The van der Waals surface area contributed by atoms with Crippen LogP contribution in [0.3, 0.4) is 0 Å². The molecule has 0 fully saturated rings. The third-order valence-electron chi connectivity index (χ3n) is 3.35. The number of carbonyl (C=O) groups excluding carboxylic acids is 1. The number of fused-ring (bicyclic) bond motifs is 1. The lowest BCUT2D eigenvalue weighted by molar-refractivity contribution is -0.116. The van der Waals surface area contributed by atoms with Gasteiger partial charge >= 0.3 is 0 Å². The standard InChI is InChI=1S/C17H15BrN2O2/c1-11-19-15-10-12(6-8-16(15)22-11)7-9-17(21)20-14-5-3-2-4-13(14)18/h2-6,8,10H,7,9H2,1H3,(H,20,21). The number of benzene rings is 2. The van der Waals surface area contributed by atoms with E-state index in [9.17, 15) is 4.79 Å². The molecule has 22 heavy (non-hydrogen) atoms. The minimum Gasteiger partial charge on any atom is -0.441 e. The number of oxazole rings is 1. The number of hydrogen-bond donors (Lipinski definition) is 1. The van der Waals surface area contributed by atoms with Crippen LogP contribution in [0.1, 0.15) is 17.9 Å². The van der Waals surface area contributed by atoms with Crippen molar-refractivity contribution >= 4 is 38.6 Å². The predicted octanol–water partition coefficient (Wildman–Crippen LogP) is 4.47. The number of aryl methyl sites for hydroxylation is 2. The zero-order chi connectivity index (χ0) is 15.5. The number of halogens is 1. The average molecular weight is 359 g/mol. The van der Waals surface area contributed by atoms with Gasteiger partial charge in [-0.2, -0.15) is 0 Å². The van der Waals surface area contributed by atoms with Crippen LogP contribution in [0.5, 0.6) is 0 Å². The van der Waals surface area contributed by atoms with Gasteiger partial charge in [0.2, 0.25) is 5.91 Å². The molecular formula is C17H15BrN2O2. The highest BCUT2D eigenvalue weighted by molar-refractivity contribution is 9.10. The fourth-order valence-corrected chi connectivity index (χ4v) is 2.66. The Morgan fingerprint density at radius 2 is 2.09 bits per heavy atom. The van der Waals surface area contributed by atoms with E-state index in [0.717, 1.165) is 26.8 Å². The average Bonchev–Trinajstić information content (AvgIpc) is 2.87. The Bertz CT molecular complexity index is 826. The first-order valence-electron chi connectivity index (χ1n) is 7.02. The number of carbonyl (C=O) groups is 1. The number of amides is 1. The van der Waals surface area contributed by atoms with E-state index in [1.54, 1.807) is 0 Å². The molecular weight excluding hydrogens is 344 g/mol. The van der Waals surface area contributed by atoms with E-state index in [1.165, 1.54) is 0 Å². The largest absolute Gasteiger partial charge is 0.441 e. The molecule has 0 unspecified atom stereocenters. The van der Waals surface area contributed by atoms with E-state index in [4.69, 9.17) is 4.42 Å². The Morgan fingerprint density at radius 1 is 1.27 bits per heavy atom. The summed E-state index contributed by atoms with van der Waals surface area (Å²) in [5.74, 6) is 0.641. The molecule has 0 aliphatic heterocycles. The fraction of sp³-hybridized carbons (Fsp3) is 0.176. The number of nitrogens with zero attached hydrogens (tertiary/aromatic N) is 1. The third kappa shape index (κ3) is 3.36. The molecule has 112 valence electrons. The van der Waals surface area contributed by atoms with Crippen LogP contribution in [-0.2, 0) is 11.2 Å². The first-order valence-corrected chi connectivity index (χ1v) is 7.81. The van der Waals surface area contributed by atoms with Crippen molar-refractivity contribution in [2.75, 3.05) is 5.32 Å². The molecule has 2 aromatic carbocycles. The fourth-order valence-electron chi connectivity index (χ4n) is 2.28. The Morgan fingerprint density at radius 3 is 2.91 bits per heavy atom. The SMILES string of the molecule is Cc1nc2cc(CCC(=O)Nc3ccccc3Br)ccc2o1. The van der Waals surface area contributed by atoms with Gasteiger partial charge in [-0.25, -0.2) is 4.98 Å². The van der Waals surface area contributed by atoms with Crippen LogP contribution >= 0.6 is 15.9 Å². The maximum Gasteiger partial charge on any atom is 0.224 e. The zero-order valence-electron chi connectivity index (χ0n) is 12.1. The van der Waals surface area contributed by atoms with E-state index < -0.39 is 0 Å². The summed E-state index contributed by atoms with van der Waals surface area (Å²) < 4.78 is 6.32. The van der Waals surface area contributed by atoms with E-state index in [-0.39, 0.29) is 5.91 Å². The van der Waals surface area contributed by atoms with Crippen molar-refractivity contribution < 1.29 is 9.21 Å². The normalized spacial score (nSPS) is 10.8. The highest BCUT2D eigenvalue weighted by atomic mass is 79.9. The molecule has 5 heteroatoms. The van der Waals surface area contributed by atoms with E-state index in [2.05, 4.69) is 26.2 Å².